The summed E-state index contributed by atoms with van der Waals surface area (Å²) in [6.07, 6.45) is 0.816. The minimum atomic E-state index is -1.06. The zero-order valence-electron chi connectivity index (χ0n) is 16.0. The number of aryl methyl sites for hydroxylation is 1. The number of fused-ring (bicyclic) bond motifs is 1. The first-order chi connectivity index (χ1) is 12.8. The standard InChI is InChI=1S/C20H25NO6/c1-5-11(2)18(19(23)24)21-17(22)9-8-15-12(3)14-7-6-13(26-4)10-16(14)27-20(15)25/h6-7,10-11,18H,5,8-9H2,1-4H3,(H,21,22)(H,23,24)/t11-,18+/m0/s1. The first-order valence-corrected chi connectivity index (χ1v) is 8.91. The molecule has 0 unspecified atom stereocenters. The van der Waals surface area contributed by atoms with Crippen LogP contribution in [-0.2, 0) is 16.0 Å². The molecular formula is C20H25NO6. The molecule has 0 spiro atoms. The Morgan fingerprint density at radius 1 is 1.33 bits per heavy atom. The van der Waals surface area contributed by atoms with E-state index < -0.39 is 23.5 Å². The molecule has 0 aliphatic rings. The number of carbonyl (C=O) groups excluding carboxylic acids is 1. The highest BCUT2D eigenvalue weighted by Gasteiger charge is 2.25. The van der Waals surface area contributed by atoms with Crippen LogP contribution in [0.5, 0.6) is 5.75 Å². The minimum Gasteiger partial charge on any atom is -0.497 e. The molecule has 7 nitrogen and oxygen atoms in total. The lowest BCUT2D eigenvalue weighted by atomic mass is 9.98. The summed E-state index contributed by atoms with van der Waals surface area (Å²) in [6.45, 7) is 5.44. The summed E-state index contributed by atoms with van der Waals surface area (Å²) >= 11 is 0. The van der Waals surface area contributed by atoms with Gasteiger partial charge in [0.25, 0.3) is 0 Å². The van der Waals surface area contributed by atoms with Crippen molar-refractivity contribution in [3.63, 3.8) is 0 Å². The summed E-state index contributed by atoms with van der Waals surface area (Å²) < 4.78 is 10.5. The Hall–Kier alpha value is -2.83. The van der Waals surface area contributed by atoms with Gasteiger partial charge in [0.1, 0.15) is 17.4 Å². The Labute approximate surface area is 157 Å². The van der Waals surface area contributed by atoms with Crippen molar-refractivity contribution in [2.24, 2.45) is 5.92 Å². The number of carboxylic acid groups (broad SMARTS) is 1. The molecule has 0 aliphatic heterocycles. The van der Waals surface area contributed by atoms with E-state index in [2.05, 4.69) is 5.32 Å². The molecule has 1 amide bonds. The van der Waals surface area contributed by atoms with Crippen molar-refractivity contribution >= 4 is 22.8 Å². The number of hydrogen-bond donors (Lipinski definition) is 2. The van der Waals surface area contributed by atoms with Gasteiger partial charge in [0.15, 0.2) is 0 Å². The number of aliphatic carboxylic acids is 1. The van der Waals surface area contributed by atoms with Crippen LogP contribution in [0.15, 0.2) is 27.4 Å². The van der Waals surface area contributed by atoms with E-state index in [-0.39, 0.29) is 18.8 Å². The highest BCUT2D eigenvalue weighted by Crippen LogP contribution is 2.24. The summed E-state index contributed by atoms with van der Waals surface area (Å²) in [7, 11) is 1.53. The van der Waals surface area contributed by atoms with Crippen LogP contribution >= 0.6 is 0 Å². The van der Waals surface area contributed by atoms with E-state index in [4.69, 9.17) is 9.15 Å². The van der Waals surface area contributed by atoms with Gasteiger partial charge in [-0.1, -0.05) is 20.3 Å². The monoisotopic (exact) mass is 375 g/mol. The average Bonchev–Trinajstić information content (AvgIpc) is 2.64. The van der Waals surface area contributed by atoms with Crippen molar-refractivity contribution in [3.05, 3.63) is 39.7 Å². The molecule has 1 heterocycles. The summed E-state index contributed by atoms with van der Waals surface area (Å²) in [5, 5.41) is 12.6. The highest BCUT2D eigenvalue weighted by atomic mass is 16.5. The SMILES string of the molecule is CC[C@H](C)[C@@H](NC(=O)CCc1c(C)c2ccc(OC)cc2oc1=O)C(=O)O. The first kappa shape index (κ1) is 20.5. The third-order valence-corrected chi connectivity index (χ3v) is 4.89. The molecule has 0 radical (unpaired) electrons. The second kappa shape index (κ2) is 8.70. The topological polar surface area (TPSA) is 106 Å². The van der Waals surface area contributed by atoms with Crippen molar-refractivity contribution in [3.8, 4) is 5.75 Å². The molecule has 2 atom stereocenters. The van der Waals surface area contributed by atoms with Crippen molar-refractivity contribution < 1.29 is 23.8 Å². The van der Waals surface area contributed by atoms with E-state index in [0.717, 1.165) is 10.9 Å². The normalized spacial score (nSPS) is 13.2. The molecule has 0 fully saturated rings. The van der Waals surface area contributed by atoms with Crippen LogP contribution in [0.4, 0.5) is 0 Å². The van der Waals surface area contributed by atoms with Crippen LogP contribution in [0.25, 0.3) is 11.0 Å². The summed E-state index contributed by atoms with van der Waals surface area (Å²) in [4.78, 5) is 35.8. The van der Waals surface area contributed by atoms with Gasteiger partial charge in [0, 0.05) is 23.4 Å². The maximum atomic E-state index is 12.3. The lowest BCUT2D eigenvalue weighted by Gasteiger charge is -2.20. The van der Waals surface area contributed by atoms with Gasteiger partial charge in [-0.25, -0.2) is 9.59 Å². The fourth-order valence-corrected chi connectivity index (χ4v) is 2.96. The molecule has 2 aromatic rings. The maximum absolute atomic E-state index is 12.3. The van der Waals surface area contributed by atoms with Gasteiger partial charge in [0.05, 0.1) is 7.11 Å². The zero-order chi connectivity index (χ0) is 20.1. The second-order valence-corrected chi connectivity index (χ2v) is 6.62. The fourth-order valence-electron chi connectivity index (χ4n) is 2.96. The molecule has 7 heteroatoms. The van der Waals surface area contributed by atoms with Gasteiger partial charge in [0.2, 0.25) is 5.91 Å². The summed E-state index contributed by atoms with van der Waals surface area (Å²) in [5.74, 6) is -1.07. The molecule has 0 saturated heterocycles. The lowest BCUT2D eigenvalue weighted by Crippen LogP contribution is -2.45. The number of benzene rings is 1. The quantitative estimate of drug-likeness (QED) is 0.687. The summed E-state index contributed by atoms with van der Waals surface area (Å²) in [5.41, 5.74) is 1.08. The lowest BCUT2D eigenvalue weighted by molar-refractivity contribution is -0.143. The van der Waals surface area contributed by atoms with Gasteiger partial charge in [-0.15, -0.1) is 0 Å². The van der Waals surface area contributed by atoms with E-state index in [1.165, 1.54) is 7.11 Å². The molecule has 146 valence electrons. The molecule has 0 saturated carbocycles. The van der Waals surface area contributed by atoms with E-state index in [0.29, 0.717) is 23.3 Å². The molecule has 2 N–H and O–H groups in total. The van der Waals surface area contributed by atoms with Crippen LogP contribution in [0.1, 0.15) is 37.8 Å². The first-order valence-electron chi connectivity index (χ1n) is 8.91. The Morgan fingerprint density at radius 3 is 2.63 bits per heavy atom. The Kier molecular flexibility index (Phi) is 6.60. The highest BCUT2D eigenvalue weighted by molar-refractivity contribution is 5.85. The van der Waals surface area contributed by atoms with Crippen LogP contribution in [0, 0.1) is 12.8 Å². The number of hydrogen-bond acceptors (Lipinski definition) is 5. The van der Waals surface area contributed by atoms with Crippen molar-refractivity contribution in [1.29, 1.82) is 0 Å². The van der Waals surface area contributed by atoms with Crippen LogP contribution in [-0.4, -0.2) is 30.1 Å². The number of carbonyl (C=O) groups is 2. The van der Waals surface area contributed by atoms with Crippen LogP contribution in [0.3, 0.4) is 0 Å². The molecule has 1 aromatic carbocycles. The van der Waals surface area contributed by atoms with Crippen molar-refractivity contribution in [2.45, 2.75) is 46.1 Å². The molecule has 2 rings (SSSR count). The molecule has 0 aliphatic carbocycles. The number of methoxy groups -OCH3 is 1. The van der Waals surface area contributed by atoms with E-state index in [9.17, 15) is 19.5 Å². The van der Waals surface area contributed by atoms with Gasteiger partial charge in [-0.2, -0.15) is 0 Å². The number of ether oxygens (including phenoxy) is 1. The van der Waals surface area contributed by atoms with Crippen molar-refractivity contribution in [2.75, 3.05) is 7.11 Å². The van der Waals surface area contributed by atoms with Crippen molar-refractivity contribution in [1.82, 2.24) is 5.32 Å². The Balaban J connectivity index is 2.18. The number of amides is 1. The number of rotatable bonds is 8. The predicted octanol–water partition coefficient (Wildman–Crippen LogP) is 2.66. The van der Waals surface area contributed by atoms with Gasteiger partial charge < -0.3 is 19.6 Å². The smallest absolute Gasteiger partial charge is 0.339 e. The van der Waals surface area contributed by atoms with Crippen LogP contribution < -0.4 is 15.7 Å². The number of nitrogens with one attached hydrogen (secondary N) is 1. The van der Waals surface area contributed by atoms with E-state index in [1.54, 1.807) is 32.0 Å². The Bertz CT molecular complexity index is 901. The van der Waals surface area contributed by atoms with E-state index >= 15 is 0 Å². The van der Waals surface area contributed by atoms with Gasteiger partial charge >= 0.3 is 11.6 Å². The van der Waals surface area contributed by atoms with Crippen LogP contribution in [0.2, 0.25) is 0 Å². The molecule has 0 bridgehead atoms. The molecule has 1 aromatic heterocycles. The third-order valence-electron chi connectivity index (χ3n) is 4.89. The minimum absolute atomic E-state index is 0.00742. The zero-order valence-corrected chi connectivity index (χ0v) is 16.0. The second-order valence-electron chi connectivity index (χ2n) is 6.62. The fraction of sp³-hybridized carbons (Fsp3) is 0.450. The number of carboxylic acids is 1. The Morgan fingerprint density at radius 2 is 2.04 bits per heavy atom. The van der Waals surface area contributed by atoms with Gasteiger partial charge in [-0.05, 0) is 37.0 Å². The molecule has 27 heavy (non-hydrogen) atoms. The largest absolute Gasteiger partial charge is 0.497 e. The summed E-state index contributed by atoms with van der Waals surface area (Å²) in [6, 6.07) is 4.28. The predicted molar refractivity (Wildman–Crippen MR) is 101 cm³/mol. The molecular weight excluding hydrogens is 350 g/mol. The third kappa shape index (κ3) is 4.67. The van der Waals surface area contributed by atoms with E-state index in [1.807, 2.05) is 6.92 Å². The average molecular weight is 375 g/mol. The van der Waals surface area contributed by atoms with Gasteiger partial charge in [-0.3, -0.25) is 4.79 Å². The maximum Gasteiger partial charge on any atom is 0.339 e.